The Morgan fingerprint density at radius 2 is 1.86 bits per heavy atom. The normalized spacial score (nSPS) is 13.3. The lowest BCUT2D eigenvalue weighted by atomic mass is 9.95. The van der Waals surface area contributed by atoms with E-state index in [1.165, 1.54) is 21.5 Å². The molecule has 0 amide bonds. The van der Waals surface area contributed by atoms with Crippen molar-refractivity contribution in [2.24, 2.45) is 4.99 Å². The van der Waals surface area contributed by atoms with Crippen LogP contribution in [0.4, 0.5) is 5.69 Å². The molecular weight excluding hydrogens is 472 g/mol. The van der Waals surface area contributed by atoms with Crippen molar-refractivity contribution in [1.29, 1.82) is 0 Å². The van der Waals surface area contributed by atoms with Gasteiger partial charge in [0.25, 0.3) is 5.56 Å². The molecule has 2 aromatic heterocycles. The van der Waals surface area contributed by atoms with Gasteiger partial charge in [-0.15, -0.1) is 11.3 Å². The van der Waals surface area contributed by atoms with E-state index >= 15 is 0 Å². The molecule has 4 aromatic rings. The van der Waals surface area contributed by atoms with E-state index in [4.69, 9.17) is 4.74 Å². The van der Waals surface area contributed by atoms with Crippen LogP contribution in [0.2, 0.25) is 0 Å². The van der Waals surface area contributed by atoms with E-state index in [-0.39, 0.29) is 18.0 Å². The highest BCUT2D eigenvalue weighted by molar-refractivity contribution is 7.15. The van der Waals surface area contributed by atoms with Gasteiger partial charge in [-0.3, -0.25) is 9.79 Å². The first-order chi connectivity index (χ1) is 17.4. The van der Waals surface area contributed by atoms with Crippen LogP contribution in [-0.4, -0.2) is 28.5 Å². The second-order valence-corrected chi connectivity index (χ2v) is 10.1. The summed E-state index contributed by atoms with van der Waals surface area (Å²) in [4.78, 5) is 32.5. The topological polar surface area (TPSA) is 80.9 Å². The summed E-state index contributed by atoms with van der Waals surface area (Å²) in [6.07, 6.45) is 5.19. The van der Waals surface area contributed by atoms with Crippen molar-refractivity contribution in [3.8, 4) is 10.9 Å². The summed E-state index contributed by atoms with van der Waals surface area (Å²) < 4.78 is 6.65. The van der Waals surface area contributed by atoms with Crippen LogP contribution in [-0.2, 0) is 17.6 Å². The number of benzene rings is 2. The summed E-state index contributed by atoms with van der Waals surface area (Å²) in [5.41, 5.74) is 4.40. The molecule has 6 nitrogen and oxygen atoms in total. The summed E-state index contributed by atoms with van der Waals surface area (Å²) in [5, 5.41) is 13.0. The number of pyridine rings is 1. The predicted octanol–water partition coefficient (Wildman–Crippen LogP) is 6.18. The monoisotopic (exact) mass is 500 g/mol. The fourth-order valence-electron chi connectivity index (χ4n) is 4.75. The molecule has 0 atom stereocenters. The number of carbonyl (C=O) groups excluding carboxylic acids is 1. The molecule has 0 saturated carbocycles. The molecule has 0 bridgehead atoms. The Morgan fingerprint density at radius 1 is 1.11 bits per heavy atom. The Balaban J connectivity index is 1.77. The summed E-state index contributed by atoms with van der Waals surface area (Å²) >= 11 is 1.39. The first-order valence-electron chi connectivity index (χ1n) is 12.2. The van der Waals surface area contributed by atoms with Gasteiger partial charge < -0.3 is 9.84 Å². The van der Waals surface area contributed by atoms with E-state index in [1.807, 2.05) is 38.1 Å². The summed E-state index contributed by atoms with van der Waals surface area (Å²) in [6.45, 7) is 6.06. The second kappa shape index (κ2) is 9.74. The maximum atomic E-state index is 13.7. The largest absolute Gasteiger partial charge is 0.494 e. The third-order valence-corrected chi connectivity index (χ3v) is 8.05. The highest BCUT2D eigenvalue weighted by Gasteiger charge is 2.30. The van der Waals surface area contributed by atoms with Crippen LogP contribution < -0.4 is 5.56 Å². The number of carbonyl (C=O) groups is 1. The number of nitrogens with zero attached hydrogens (tertiary/aromatic N) is 2. The van der Waals surface area contributed by atoms with Crippen LogP contribution in [0.25, 0.3) is 15.8 Å². The number of rotatable bonds is 5. The van der Waals surface area contributed by atoms with E-state index in [2.05, 4.69) is 4.99 Å². The number of esters is 1. The molecule has 1 N–H and O–H groups in total. The van der Waals surface area contributed by atoms with Crippen LogP contribution in [0.3, 0.4) is 0 Å². The molecule has 0 saturated heterocycles. The fraction of sp³-hybridized carbons (Fsp3) is 0.276. The highest BCUT2D eigenvalue weighted by Crippen LogP contribution is 2.39. The molecule has 0 radical (unpaired) electrons. The molecule has 0 aliphatic heterocycles. The van der Waals surface area contributed by atoms with Crippen LogP contribution in [0.1, 0.15) is 57.3 Å². The molecule has 1 aliphatic rings. The van der Waals surface area contributed by atoms with E-state index in [0.717, 1.165) is 47.4 Å². The number of aryl methyl sites for hydroxylation is 3. The molecule has 2 heterocycles. The van der Waals surface area contributed by atoms with Crippen molar-refractivity contribution >= 4 is 40.0 Å². The minimum absolute atomic E-state index is 0.232. The number of aromatic hydroxyl groups is 1. The molecule has 7 heteroatoms. The van der Waals surface area contributed by atoms with Crippen LogP contribution in [0.15, 0.2) is 52.3 Å². The van der Waals surface area contributed by atoms with Crippen molar-refractivity contribution in [3.05, 3.63) is 85.5 Å². The maximum Gasteiger partial charge on any atom is 0.341 e. The fourth-order valence-corrected chi connectivity index (χ4v) is 6.12. The lowest BCUT2D eigenvalue weighted by molar-refractivity contribution is 0.0525. The zero-order valence-corrected chi connectivity index (χ0v) is 21.4. The van der Waals surface area contributed by atoms with Gasteiger partial charge in [0.15, 0.2) is 0 Å². The van der Waals surface area contributed by atoms with Gasteiger partial charge in [0.1, 0.15) is 5.00 Å². The number of hydrogen-bond acceptors (Lipinski definition) is 6. The summed E-state index contributed by atoms with van der Waals surface area (Å²) in [6, 6.07) is 13.1. The Bertz CT molecular complexity index is 1580. The van der Waals surface area contributed by atoms with Crippen LogP contribution in [0.5, 0.6) is 5.88 Å². The Hall–Kier alpha value is -3.71. The molecule has 36 heavy (non-hydrogen) atoms. The smallest absolute Gasteiger partial charge is 0.341 e. The van der Waals surface area contributed by atoms with Crippen molar-refractivity contribution in [2.45, 2.75) is 46.5 Å². The molecular formula is C29H28N2O4S. The summed E-state index contributed by atoms with van der Waals surface area (Å²) in [5.74, 6) is -0.702. The average Bonchev–Trinajstić information content (AvgIpc) is 3.25. The highest BCUT2D eigenvalue weighted by atomic mass is 32.1. The molecule has 2 aromatic carbocycles. The second-order valence-electron chi connectivity index (χ2n) is 9.06. The standard InChI is InChI=1S/C29H28N2O4S/c1-4-35-29(34)25-22-11-7-8-12-24(22)36-28(25)31-26(32)21-10-6-5-9-20(21)23(27(31)33)16-30-19-14-13-17(2)18(3)15-19/h5-6,9-10,13-16,33H,4,7-8,11-12H2,1-3H3. The zero-order chi connectivity index (χ0) is 25.4. The maximum absolute atomic E-state index is 13.7. The predicted molar refractivity (Wildman–Crippen MR) is 145 cm³/mol. The third-order valence-electron chi connectivity index (χ3n) is 6.77. The first kappa shape index (κ1) is 24.0. The third kappa shape index (κ3) is 4.13. The van der Waals surface area contributed by atoms with Crippen molar-refractivity contribution < 1.29 is 14.6 Å². The van der Waals surface area contributed by atoms with E-state index in [9.17, 15) is 14.7 Å². The minimum atomic E-state index is -0.461. The Labute approximate surface area is 213 Å². The Kier molecular flexibility index (Phi) is 6.49. The van der Waals surface area contributed by atoms with Crippen LogP contribution >= 0.6 is 11.3 Å². The minimum Gasteiger partial charge on any atom is -0.494 e. The Morgan fingerprint density at radius 3 is 2.61 bits per heavy atom. The van der Waals surface area contributed by atoms with Gasteiger partial charge in [-0.05, 0) is 81.3 Å². The van der Waals surface area contributed by atoms with Crippen molar-refractivity contribution in [2.75, 3.05) is 6.61 Å². The SMILES string of the molecule is CCOC(=O)c1c(-n2c(O)c(C=Nc3ccc(C)c(C)c3)c3ccccc3c2=O)sc2c1CCCC2. The molecule has 184 valence electrons. The number of aromatic nitrogens is 1. The average molecular weight is 501 g/mol. The number of hydrogen-bond donors (Lipinski definition) is 1. The van der Waals surface area contributed by atoms with Gasteiger partial charge in [0, 0.05) is 21.9 Å². The number of ether oxygens (including phenoxy) is 1. The van der Waals surface area contributed by atoms with Gasteiger partial charge in [-0.1, -0.05) is 24.3 Å². The lowest BCUT2D eigenvalue weighted by Gasteiger charge is -2.15. The quantitative estimate of drug-likeness (QED) is 0.262. The molecule has 0 spiro atoms. The first-order valence-corrected chi connectivity index (χ1v) is 13.0. The lowest BCUT2D eigenvalue weighted by Crippen LogP contribution is -2.22. The number of fused-ring (bicyclic) bond motifs is 2. The van der Waals surface area contributed by atoms with Crippen molar-refractivity contribution in [1.82, 2.24) is 4.57 Å². The van der Waals surface area contributed by atoms with Gasteiger partial charge in [0.2, 0.25) is 5.88 Å². The number of thiophene rings is 1. The number of aliphatic imine (C=N–C) groups is 1. The van der Waals surface area contributed by atoms with E-state index < -0.39 is 5.97 Å². The zero-order valence-electron chi connectivity index (χ0n) is 20.6. The van der Waals surface area contributed by atoms with Crippen LogP contribution in [0, 0.1) is 13.8 Å². The molecule has 5 rings (SSSR count). The molecule has 0 fully saturated rings. The molecule has 0 unspecified atom stereocenters. The van der Waals surface area contributed by atoms with Gasteiger partial charge in [-0.2, -0.15) is 0 Å². The van der Waals surface area contributed by atoms with Gasteiger partial charge in [-0.25, -0.2) is 9.36 Å². The molecule has 1 aliphatic carbocycles. The van der Waals surface area contributed by atoms with Gasteiger partial charge >= 0.3 is 5.97 Å². The van der Waals surface area contributed by atoms with E-state index in [1.54, 1.807) is 31.3 Å². The summed E-state index contributed by atoms with van der Waals surface area (Å²) in [7, 11) is 0. The van der Waals surface area contributed by atoms with E-state index in [0.29, 0.717) is 26.9 Å². The van der Waals surface area contributed by atoms with Gasteiger partial charge in [0.05, 0.1) is 23.4 Å². The van der Waals surface area contributed by atoms with Crippen molar-refractivity contribution in [3.63, 3.8) is 0 Å².